The molecule has 0 aromatic rings. The summed E-state index contributed by atoms with van der Waals surface area (Å²) in [6.07, 6.45) is 4.33. The molecular weight excluding hydrogens is 189 g/mol. The number of piperidine rings is 3. The van der Waals surface area contributed by atoms with Crippen LogP contribution in [-0.2, 0) is 9.45 Å². The summed E-state index contributed by atoms with van der Waals surface area (Å²) in [5.41, 5.74) is 1.37. The molecule has 3 aliphatic heterocycles. The average molecular weight is 205 g/mol. The van der Waals surface area contributed by atoms with Crippen LogP contribution in [0.25, 0.3) is 0 Å². The lowest BCUT2D eigenvalue weighted by Gasteiger charge is -2.53. The van der Waals surface area contributed by atoms with Gasteiger partial charge in [0.25, 0.3) is 0 Å². The molecule has 3 nitrogen and oxygen atoms in total. The van der Waals surface area contributed by atoms with Crippen molar-refractivity contribution >= 4 is 14.0 Å². The van der Waals surface area contributed by atoms with Gasteiger partial charge in [-0.05, 0) is 30.6 Å². The second-order valence-corrected chi connectivity index (χ2v) is 5.12. The number of carbonyl (C=O) groups is 1. The van der Waals surface area contributed by atoms with E-state index >= 15 is 0 Å². The molecule has 2 unspecified atom stereocenters. The van der Waals surface area contributed by atoms with Crippen LogP contribution in [0.1, 0.15) is 12.8 Å². The number of hydrogen-bond donors (Lipinski definition) is 0. The van der Waals surface area contributed by atoms with Crippen molar-refractivity contribution < 1.29 is 9.45 Å². The average Bonchev–Trinajstić information content (AvgIpc) is 2.22. The molecular formula is C11H16BNO2. The Morgan fingerprint density at radius 3 is 2.53 bits per heavy atom. The SMILES string of the molecule is BOC(=O)C=C1C2CC3CC1CN(C3)C2. The van der Waals surface area contributed by atoms with Gasteiger partial charge in [0.05, 0.1) is 0 Å². The van der Waals surface area contributed by atoms with E-state index in [-0.39, 0.29) is 5.97 Å². The van der Waals surface area contributed by atoms with Crippen molar-refractivity contribution in [2.24, 2.45) is 17.8 Å². The molecule has 2 atom stereocenters. The number of rotatable bonds is 1. The standard InChI is InChI=1S/C11H16BNO2/c12-15-11(14)3-10-8-1-7-2-9(10)6-13(4-7)5-8/h3,7-9H,1-2,4-6,12H2. The van der Waals surface area contributed by atoms with Gasteiger partial charge in [-0.2, -0.15) is 0 Å². The smallest absolute Gasteiger partial charge is 0.326 e. The summed E-state index contributed by atoms with van der Waals surface area (Å²) >= 11 is 0. The van der Waals surface area contributed by atoms with E-state index in [1.807, 2.05) is 0 Å². The van der Waals surface area contributed by atoms with Crippen LogP contribution >= 0.6 is 0 Å². The highest BCUT2D eigenvalue weighted by molar-refractivity contribution is 6.07. The highest BCUT2D eigenvalue weighted by Gasteiger charge is 2.44. The minimum absolute atomic E-state index is 0.174. The summed E-state index contributed by atoms with van der Waals surface area (Å²) in [6.45, 7) is 3.62. The molecule has 0 aromatic heterocycles. The van der Waals surface area contributed by atoms with Crippen molar-refractivity contribution in [3.8, 4) is 0 Å². The minimum Gasteiger partial charge on any atom is -0.540 e. The lowest BCUT2D eigenvalue weighted by Crippen LogP contribution is -2.54. The zero-order chi connectivity index (χ0) is 10.4. The lowest BCUT2D eigenvalue weighted by molar-refractivity contribution is -0.128. The van der Waals surface area contributed by atoms with Gasteiger partial charge in [0, 0.05) is 25.7 Å². The van der Waals surface area contributed by atoms with Gasteiger partial charge in [0.1, 0.15) is 0 Å². The zero-order valence-electron chi connectivity index (χ0n) is 9.11. The maximum absolute atomic E-state index is 11.3. The topological polar surface area (TPSA) is 29.5 Å². The third-order valence-corrected chi connectivity index (χ3v) is 4.14. The van der Waals surface area contributed by atoms with E-state index in [1.54, 1.807) is 6.08 Å². The Bertz CT molecular complexity index is 297. The van der Waals surface area contributed by atoms with Crippen molar-refractivity contribution in [2.45, 2.75) is 12.8 Å². The molecule has 3 saturated heterocycles. The van der Waals surface area contributed by atoms with Crippen LogP contribution in [0.2, 0.25) is 0 Å². The summed E-state index contributed by atoms with van der Waals surface area (Å²) in [4.78, 5) is 13.8. The van der Waals surface area contributed by atoms with E-state index in [0.717, 1.165) is 19.0 Å². The second-order valence-electron chi connectivity index (χ2n) is 5.12. The molecule has 3 heterocycles. The third kappa shape index (κ3) is 1.51. The maximum atomic E-state index is 11.3. The Hall–Kier alpha value is -0.765. The molecule has 0 amide bonds. The van der Waals surface area contributed by atoms with Crippen molar-refractivity contribution in [1.82, 2.24) is 4.90 Å². The van der Waals surface area contributed by atoms with Crippen LogP contribution in [0.15, 0.2) is 11.6 Å². The molecule has 0 aromatic carbocycles. The highest BCUT2D eigenvalue weighted by atomic mass is 16.5. The zero-order valence-corrected chi connectivity index (χ0v) is 9.11. The molecule has 0 N–H and O–H groups in total. The Labute approximate surface area is 90.9 Å². The first kappa shape index (κ1) is 9.46. The van der Waals surface area contributed by atoms with Crippen molar-refractivity contribution in [3.05, 3.63) is 11.6 Å². The fraction of sp³-hybridized carbons (Fsp3) is 0.727. The van der Waals surface area contributed by atoms with Crippen molar-refractivity contribution in [2.75, 3.05) is 19.6 Å². The molecule has 0 radical (unpaired) electrons. The number of hydrogen-bond acceptors (Lipinski definition) is 3. The summed E-state index contributed by atoms with van der Waals surface area (Å²) < 4.78 is 4.73. The van der Waals surface area contributed by atoms with Crippen LogP contribution in [-0.4, -0.2) is 38.6 Å². The van der Waals surface area contributed by atoms with Gasteiger partial charge < -0.3 is 9.55 Å². The predicted octanol–water partition coefficient (Wildman–Crippen LogP) is -0.0243. The van der Waals surface area contributed by atoms with Crippen LogP contribution < -0.4 is 0 Å². The minimum atomic E-state index is -0.174. The monoisotopic (exact) mass is 205 g/mol. The Morgan fingerprint density at radius 1 is 1.33 bits per heavy atom. The quantitative estimate of drug-likeness (QED) is 0.445. The first-order chi connectivity index (χ1) is 7.26. The molecule has 1 saturated carbocycles. The van der Waals surface area contributed by atoms with Crippen LogP contribution in [0, 0.1) is 17.8 Å². The summed E-state index contributed by atoms with van der Waals surface area (Å²) in [7, 11) is 1.46. The summed E-state index contributed by atoms with van der Waals surface area (Å²) in [5, 5.41) is 0. The molecule has 0 spiro atoms. The van der Waals surface area contributed by atoms with Gasteiger partial charge in [-0.25, -0.2) is 4.79 Å². The van der Waals surface area contributed by atoms with E-state index in [2.05, 4.69) is 4.90 Å². The van der Waals surface area contributed by atoms with E-state index < -0.39 is 0 Å². The lowest BCUT2D eigenvalue weighted by atomic mass is 9.65. The van der Waals surface area contributed by atoms with E-state index in [9.17, 15) is 4.79 Å². The van der Waals surface area contributed by atoms with Crippen LogP contribution in [0.3, 0.4) is 0 Å². The summed E-state index contributed by atoms with van der Waals surface area (Å²) in [5.74, 6) is 1.98. The number of nitrogens with zero attached hydrogens (tertiary/aromatic N) is 1. The van der Waals surface area contributed by atoms with Gasteiger partial charge >= 0.3 is 14.0 Å². The Balaban J connectivity index is 1.86. The van der Waals surface area contributed by atoms with E-state index in [4.69, 9.17) is 4.65 Å². The summed E-state index contributed by atoms with van der Waals surface area (Å²) in [6, 6.07) is 0. The van der Waals surface area contributed by atoms with Crippen LogP contribution in [0.4, 0.5) is 0 Å². The normalized spacial score (nSPS) is 41.7. The van der Waals surface area contributed by atoms with Gasteiger partial charge in [0.15, 0.2) is 0 Å². The molecule has 4 bridgehead atoms. The van der Waals surface area contributed by atoms with Gasteiger partial charge in [-0.15, -0.1) is 0 Å². The van der Waals surface area contributed by atoms with Gasteiger partial charge in [-0.3, -0.25) is 0 Å². The second kappa shape index (κ2) is 3.37. The molecule has 15 heavy (non-hydrogen) atoms. The first-order valence-corrected chi connectivity index (χ1v) is 5.78. The van der Waals surface area contributed by atoms with Gasteiger partial charge in [-0.1, -0.05) is 5.57 Å². The molecule has 4 fully saturated rings. The Kier molecular flexibility index (Phi) is 2.13. The van der Waals surface area contributed by atoms with Crippen LogP contribution in [0.5, 0.6) is 0 Å². The molecule has 4 aliphatic rings. The fourth-order valence-electron chi connectivity index (χ4n) is 3.66. The fourth-order valence-corrected chi connectivity index (χ4v) is 3.66. The van der Waals surface area contributed by atoms with Gasteiger partial charge in [0.2, 0.25) is 0 Å². The first-order valence-electron chi connectivity index (χ1n) is 5.78. The third-order valence-electron chi connectivity index (χ3n) is 4.14. The maximum Gasteiger partial charge on any atom is 0.326 e. The Morgan fingerprint density at radius 2 is 2.00 bits per heavy atom. The van der Waals surface area contributed by atoms with Crippen molar-refractivity contribution in [3.63, 3.8) is 0 Å². The molecule has 4 rings (SSSR count). The van der Waals surface area contributed by atoms with E-state index in [0.29, 0.717) is 11.8 Å². The largest absolute Gasteiger partial charge is 0.540 e. The number of carbonyl (C=O) groups excluding carboxylic acids is 1. The highest BCUT2D eigenvalue weighted by Crippen LogP contribution is 2.46. The predicted molar refractivity (Wildman–Crippen MR) is 58.9 cm³/mol. The molecule has 4 heteroatoms. The van der Waals surface area contributed by atoms with Crippen molar-refractivity contribution in [1.29, 1.82) is 0 Å². The molecule has 1 aliphatic carbocycles. The molecule has 80 valence electrons. The van der Waals surface area contributed by atoms with E-state index in [1.165, 1.54) is 33.0 Å².